The van der Waals surface area contributed by atoms with Gasteiger partial charge in [0, 0.05) is 0 Å². The fourth-order valence-electron chi connectivity index (χ4n) is 2.00. The van der Waals surface area contributed by atoms with Gasteiger partial charge in [-0.1, -0.05) is 11.8 Å². The maximum absolute atomic E-state index is 13.7. The van der Waals surface area contributed by atoms with Gasteiger partial charge in [0.2, 0.25) is 0 Å². The van der Waals surface area contributed by atoms with Crippen LogP contribution in [0, 0.1) is 46.5 Å². The molecule has 0 aliphatic rings. The molecule has 160 valence electrons. The quantitative estimate of drug-likeness (QED) is 0.340. The number of halogens is 14. The van der Waals surface area contributed by atoms with E-state index in [9.17, 15) is 61.5 Å². The highest BCUT2D eigenvalue weighted by molar-refractivity contribution is 7.99. The smallest absolute Gasteiger partial charge is 0.203 e. The summed E-state index contributed by atoms with van der Waals surface area (Å²) in [5.74, 6) is -23.7. The lowest BCUT2D eigenvalue weighted by atomic mass is 10.1. The van der Waals surface area contributed by atoms with E-state index >= 15 is 0 Å². The topological polar surface area (TPSA) is 0 Å². The Labute approximate surface area is 154 Å². The van der Waals surface area contributed by atoms with E-state index in [4.69, 9.17) is 0 Å². The fraction of sp³-hybridized carbons (Fsp3) is 0.143. The molecule has 0 spiro atoms. The second kappa shape index (κ2) is 7.25. The Balaban J connectivity index is 2.77. The lowest BCUT2D eigenvalue weighted by molar-refractivity contribution is -0.144. The maximum Gasteiger partial charge on any atom is 0.422 e. The molecule has 0 aliphatic carbocycles. The highest BCUT2D eigenvalue weighted by atomic mass is 32.2. The highest BCUT2D eigenvalue weighted by Crippen LogP contribution is 2.45. The fourth-order valence-corrected chi connectivity index (χ4v) is 2.92. The van der Waals surface area contributed by atoms with E-state index in [1.807, 2.05) is 0 Å². The highest BCUT2D eigenvalue weighted by Gasteiger charge is 2.44. The summed E-state index contributed by atoms with van der Waals surface area (Å²) in [6, 6.07) is 0. The molecular formula is C14F14S. The van der Waals surface area contributed by atoms with Gasteiger partial charge < -0.3 is 0 Å². The van der Waals surface area contributed by atoms with Crippen LogP contribution < -0.4 is 0 Å². The normalized spacial score (nSPS) is 12.6. The zero-order valence-corrected chi connectivity index (χ0v) is 13.5. The monoisotopic (exact) mass is 466 g/mol. The van der Waals surface area contributed by atoms with Gasteiger partial charge in [-0.05, 0) is 0 Å². The van der Waals surface area contributed by atoms with Crippen molar-refractivity contribution in [3.8, 4) is 0 Å². The average Bonchev–Trinajstić information content (AvgIpc) is 2.55. The molecule has 0 heterocycles. The molecule has 0 bridgehead atoms. The Morgan fingerprint density at radius 1 is 0.379 bits per heavy atom. The first-order chi connectivity index (χ1) is 13.0. The van der Waals surface area contributed by atoms with Crippen molar-refractivity contribution in [2.45, 2.75) is 22.1 Å². The zero-order valence-electron chi connectivity index (χ0n) is 12.7. The first-order valence-corrected chi connectivity index (χ1v) is 7.37. The molecule has 0 nitrogen and oxygen atoms in total. The van der Waals surface area contributed by atoms with E-state index in [-0.39, 0.29) is 0 Å². The minimum Gasteiger partial charge on any atom is -0.203 e. The molecule has 0 atom stereocenters. The van der Waals surface area contributed by atoms with Crippen LogP contribution in [0.4, 0.5) is 61.5 Å². The van der Waals surface area contributed by atoms with Crippen LogP contribution in [0.1, 0.15) is 11.1 Å². The molecule has 2 aromatic carbocycles. The van der Waals surface area contributed by atoms with Crippen molar-refractivity contribution in [1.82, 2.24) is 0 Å². The lowest BCUT2D eigenvalue weighted by Gasteiger charge is -2.16. The van der Waals surface area contributed by atoms with Crippen molar-refractivity contribution >= 4 is 11.8 Å². The van der Waals surface area contributed by atoms with E-state index < -0.39 is 91.6 Å². The minimum absolute atomic E-state index is 1.21. The van der Waals surface area contributed by atoms with Gasteiger partial charge in [-0.15, -0.1) is 0 Å². The Morgan fingerprint density at radius 2 is 0.586 bits per heavy atom. The third-order valence-electron chi connectivity index (χ3n) is 3.22. The largest absolute Gasteiger partial charge is 0.422 e. The number of benzene rings is 2. The van der Waals surface area contributed by atoms with Crippen LogP contribution in [0.3, 0.4) is 0 Å². The molecular weight excluding hydrogens is 466 g/mol. The summed E-state index contributed by atoms with van der Waals surface area (Å²) in [6.07, 6.45) is -11.9. The molecule has 0 saturated heterocycles. The van der Waals surface area contributed by atoms with Crippen molar-refractivity contribution in [3.05, 3.63) is 57.7 Å². The van der Waals surface area contributed by atoms with Crippen molar-refractivity contribution in [3.63, 3.8) is 0 Å². The van der Waals surface area contributed by atoms with Crippen LogP contribution in [0.15, 0.2) is 9.79 Å². The van der Waals surface area contributed by atoms with Crippen LogP contribution in [0.25, 0.3) is 0 Å². The Kier molecular flexibility index (Phi) is 5.77. The van der Waals surface area contributed by atoms with E-state index in [2.05, 4.69) is 0 Å². The van der Waals surface area contributed by atoms with Crippen molar-refractivity contribution in [2.75, 3.05) is 0 Å². The Morgan fingerprint density at radius 3 is 0.759 bits per heavy atom. The third kappa shape index (κ3) is 3.83. The molecule has 0 unspecified atom stereocenters. The van der Waals surface area contributed by atoms with Gasteiger partial charge in [0.15, 0.2) is 46.5 Å². The molecule has 0 saturated carbocycles. The number of hydrogen-bond donors (Lipinski definition) is 0. The van der Waals surface area contributed by atoms with Crippen LogP contribution in [0.5, 0.6) is 0 Å². The van der Waals surface area contributed by atoms with E-state index in [0.717, 1.165) is 0 Å². The van der Waals surface area contributed by atoms with E-state index in [0.29, 0.717) is 0 Å². The second-order valence-corrected chi connectivity index (χ2v) is 6.04. The summed E-state index contributed by atoms with van der Waals surface area (Å²) in [5.41, 5.74) is -6.11. The molecule has 0 amide bonds. The van der Waals surface area contributed by atoms with Gasteiger partial charge in [0.25, 0.3) is 0 Å². The van der Waals surface area contributed by atoms with Crippen molar-refractivity contribution in [2.24, 2.45) is 0 Å². The van der Waals surface area contributed by atoms with Gasteiger partial charge in [-0.2, -0.15) is 26.3 Å². The minimum atomic E-state index is -5.96. The van der Waals surface area contributed by atoms with Crippen LogP contribution in [-0.2, 0) is 12.4 Å². The molecule has 15 heteroatoms. The predicted molar refractivity (Wildman–Crippen MR) is 66.7 cm³/mol. The average molecular weight is 466 g/mol. The van der Waals surface area contributed by atoms with Crippen LogP contribution >= 0.6 is 11.8 Å². The summed E-state index contributed by atoms with van der Waals surface area (Å²) in [4.78, 5) is -4.46. The molecule has 0 aromatic heterocycles. The molecule has 2 aromatic rings. The maximum atomic E-state index is 13.7. The first-order valence-electron chi connectivity index (χ1n) is 6.55. The summed E-state index contributed by atoms with van der Waals surface area (Å²) in [7, 11) is 0. The Bertz CT molecular complexity index is 850. The number of rotatable bonds is 2. The summed E-state index contributed by atoms with van der Waals surface area (Å²) < 4.78 is 184. The van der Waals surface area contributed by atoms with E-state index in [1.54, 1.807) is 0 Å². The summed E-state index contributed by atoms with van der Waals surface area (Å²) >= 11 is -1.21. The van der Waals surface area contributed by atoms with Gasteiger partial charge in [-0.3, -0.25) is 0 Å². The molecule has 0 aliphatic heterocycles. The lowest BCUT2D eigenvalue weighted by Crippen LogP contribution is -2.17. The van der Waals surface area contributed by atoms with Crippen LogP contribution in [-0.4, -0.2) is 0 Å². The SMILES string of the molecule is Fc1c(F)c(C(F)(F)F)c(F)c(F)c1Sc1c(F)c(F)c(C(F)(F)F)c(F)c1F. The molecule has 29 heavy (non-hydrogen) atoms. The molecule has 2 rings (SSSR count). The first kappa shape index (κ1) is 23.1. The molecule has 0 radical (unpaired) electrons. The van der Waals surface area contributed by atoms with E-state index in [1.165, 1.54) is 0 Å². The second-order valence-electron chi connectivity index (χ2n) is 5.02. The number of hydrogen-bond acceptors (Lipinski definition) is 1. The standard InChI is InChI=1S/C14F14S/c15-3-1(13(23,24)25)4(16)8(20)11(7(3)19)29-12-9(21)5(17)2(14(26,27)28)6(18)10(12)22. The van der Waals surface area contributed by atoms with Crippen molar-refractivity contribution in [1.29, 1.82) is 0 Å². The van der Waals surface area contributed by atoms with Crippen molar-refractivity contribution < 1.29 is 61.5 Å². The number of alkyl halides is 6. The molecule has 0 N–H and O–H groups in total. The molecule has 0 fully saturated rings. The van der Waals surface area contributed by atoms with Gasteiger partial charge >= 0.3 is 12.4 Å². The Hall–Kier alpha value is -2.19. The van der Waals surface area contributed by atoms with Gasteiger partial charge in [-0.25, -0.2) is 35.1 Å². The van der Waals surface area contributed by atoms with Crippen LogP contribution in [0.2, 0.25) is 0 Å². The van der Waals surface area contributed by atoms with Gasteiger partial charge in [0.05, 0.1) is 9.79 Å². The summed E-state index contributed by atoms with van der Waals surface area (Å²) in [5, 5.41) is 0. The predicted octanol–water partition coefficient (Wildman–Crippen LogP) is 6.99. The third-order valence-corrected chi connectivity index (χ3v) is 4.34. The van der Waals surface area contributed by atoms with Gasteiger partial charge in [0.1, 0.15) is 11.1 Å². The zero-order chi connectivity index (χ0) is 22.6. The summed E-state index contributed by atoms with van der Waals surface area (Å²) in [6.45, 7) is 0.